The maximum atomic E-state index is 10.3. The Morgan fingerprint density at radius 1 is 1.00 bits per heavy atom. The standard InChI is InChI=1S/C9H3Br3N2O2/c10-9(11,12)8-6(13-4-15)2-1-3-7(8)14-5-16/h1-3H. The van der Waals surface area contributed by atoms with Crippen LogP contribution in [0, 0.1) is 0 Å². The van der Waals surface area contributed by atoms with Gasteiger partial charge in [0.15, 0.2) is 2.14 Å². The van der Waals surface area contributed by atoms with Crippen LogP contribution >= 0.6 is 47.8 Å². The summed E-state index contributed by atoms with van der Waals surface area (Å²) in [5, 5.41) is 0. The molecule has 0 heterocycles. The van der Waals surface area contributed by atoms with E-state index < -0.39 is 2.14 Å². The van der Waals surface area contributed by atoms with Crippen molar-refractivity contribution < 1.29 is 9.59 Å². The molecule has 0 saturated carbocycles. The molecule has 0 fully saturated rings. The lowest BCUT2D eigenvalue weighted by atomic mass is 10.1. The lowest BCUT2D eigenvalue weighted by Crippen LogP contribution is -1.98. The van der Waals surface area contributed by atoms with Crippen LogP contribution in [-0.4, -0.2) is 12.2 Å². The van der Waals surface area contributed by atoms with Crippen molar-refractivity contribution >= 4 is 71.3 Å². The largest absolute Gasteiger partial charge is 0.240 e. The Bertz CT molecular complexity index is 462. The maximum absolute atomic E-state index is 10.3. The highest BCUT2D eigenvalue weighted by Gasteiger charge is 2.28. The molecule has 1 rings (SSSR count). The first kappa shape index (κ1) is 13.5. The van der Waals surface area contributed by atoms with E-state index in [0.29, 0.717) is 16.9 Å². The molecule has 0 bridgehead atoms. The van der Waals surface area contributed by atoms with Crippen molar-refractivity contribution in [2.24, 2.45) is 9.98 Å². The highest BCUT2D eigenvalue weighted by molar-refractivity contribution is 9.38. The van der Waals surface area contributed by atoms with Crippen LogP contribution in [0.4, 0.5) is 11.4 Å². The Kier molecular flexibility index (Phi) is 4.77. The smallest absolute Gasteiger partial charge is 0.211 e. The van der Waals surface area contributed by atoms with Gasteiger partial charge < -0.3 is 0 Å². The first-order valence-electron chi connectivity index (χ1n) is 3.86. The van der Waals surface area contributed by atoms with Crippen molar-refractivity contribution in [2.75, 3.05) is 0 Å². The van der Waals surface area contributed by atoms with E-state index in [1.165, 1.54) is 12.2 Å². The molecule has 0 saturated heterocycles. The van der Waals surface area contributed by atoms with E-state index in [4.69, 9.17) is 0 Å². The molecule has 0 radical (unpaired) electrons. The molecule has 0 aliphatic rings. The van der Waals surface area contributed by atoms with Crippen molar-refractivity contribution in [1.82, 2.24) is 0 Å². The van der Waals surface area contributed by atoms with Crippen LogP contribution in [-0.2, 0) is 11.7 Å². The summed E-state index contributed by atoms with van der Waals surface area (Å²) in [6.07, 6.45) is 2.88. The van der Waals surface area contributed by atoms with Crippen LogP contribution in [0.1, 0.15) is 5.56 Å². The van der Waals surface area contributed by atoms with Gasteiger partial charge in [-0.05, 0) is 12.1 Å². The Morgan fingerprint density at radius 3 is 1.75 bits per heavy atom. The van der Waals surface area contributed by atoms with E-state index >= 15 is 0 Å². The van der Waals surface area contributed by atoms with Crippen molar-refractivity contribution in [2.45, 2.75) is 2.14 Å². The van der Waals surface area contributed by atoms with Crippen LogP contribution in [0.2, 0.25) is 0 Å². The zero-order chi connectivity index (χ0) is 12.2. The second kappa shape index (κ2) is 5.66. The number of halogens is 3. The van der Waals surface area contributed by atoms with Gasteiger partial charge in [-0.15, -0.1) is 0 Å². The number of aliphatic imine (C=N–C) groups is 2. The summed E-state index contributed by atoms with van der Waals surface area (Å²) in [7, 11) is 0. The van der Waals surface area contributed by atoms with Crippen LogP contribution in [0.25, 0.3) is 0 Å². The summed E-state index contributed by atoms with van der Waals surface area (Å²) < 4.78 is -0.834. The van der Waals surface area contributed by atoms with E-state index in [2.05, 4.69) is 57.8 Å². The first-order chi connectivity index (χ1) is 7.50. The normalized spacial score (nSPS) is 10.2. The quantitative estimate of drug-likeness (QED) is 0.421. The second-order valence-electron chi connectivity index (χ2n) is 2.58. The Morgan fingerprint density at radius 2 is 1.44 bits per heavy atom. The zero-order valence-corrected chi connectivity index (χ0v) is 12.3. The number of rotatable bonds is 2. The molecule has 7 heteroatoms. The molecule has 1 aromatic rings. The molecular weight excluding hydrogens is 408 g/mol. The molecule has 82 valence electrons. The third-order valence-electron chi connectivity index (χ3n) is 1.64. The van der Waals surface area contributed by atoms with Gasteiger partial charge in [0.1, 0.15) is 0 Å². The number of hydrogen-bond donors (Lipinski definition) is 0. The topological polar surface area (TPSA) is 58.9 Å². The minimum atomic E-state index is -0.834. The number of carbonyl (C=O) groups excluding carboxylic acids is 2. The number of hydrogen-bond acceptors (Lipinski definition) is 4. The lowest BCUT2D eigenvalue weighted by Gasteiger charge is -2.16. The molecule has 0 aliphatic heterocycles. The fraction of sp³-hybridized carbons (Fsp3) is 0.111. The second-order valence-corrected chi connectivity index (χ2v) is 9.34. The van der Waals surface area contributed by atoms with Crippen molar-refractivity contribution in [1.29, 1.82) is 0 Å². The minimum absolute atomic E-state index is 0.345. The summed E-state index contributed by atoms with van der Waals surface area (Å²) in [6, 6.07) is 4.82. The third kappa shape index (κ3) is 3.20. The van der Waals surface area contributed by atoms with Crippen LogP contribution in [0.5, 0.6) is 0 Å². The summed E-state index contributed by atoms with van der Waals surface area (Å²) in [5.41, 5.74) is 1.18. The summed E-state index contributed by atoms with van der Waals surface area (Å²) in [5.74, 6) is 0. The average Bonchev–Trinajstić information content (AvgIpc) is 2.17. The predicted octanol–water partition coefficient (Wildman–Crippen LogP) is 3.92. The Hall–Kier alpha value is -0.580. The van der Waals surface area contributed by atoms with Crippen LogP contribution < -0.4 is 0 Å². The third-order valence-corrected chi connectivity index (χ3v) is 2.83. The van der Waals surface area contributed by atoms with Gasteiger partial charge >= 0.3 is 0 Å². The van der Waals surface area contributed by atoms with Crippen molar-refractivity contribution in [3.05, 3.63) is 23.8 Å². The molecule has 0 N–H and O–H groups in total. The van der Waals surface area contributed by atoms with Gasteiger partial charge in [0.2, 0.25) is 12.2 Å². The summed E-state index contributed by atoms with van der Waals surface area (Å²) in [4.78, 5) is 27.6. The molecular formula is C9H3Br3N2O2. The van der Waals surface area contributed by atoms with Gasteiger partial charge in [-0.1, -0.05) is 53.9 Å². The summed E-state index contributed by atoms with van der Waals surface area (Å²) in [6.45, 7) is 0. The SMILES string of the molecule is O=C=Nc1cccc(N=C=O)c1C(Br)(Br)Br. The van der Waals surface area contributed by atoms with Crippen molar-refractivity contribution in [3.8, 4) is 0 Å². The predicted molar refractivity (Wildman–Crippen MR) is 70.5 cm³/mol. The zero-order valence-electron chi connectivity index (χ0n) is 7.58. The number of nitrogens with zero attached hydrogens (tertiary/aromatic N) is 2. The Balaban J connectivity index is 3.59. The number of isocyanates is 2. The van der Waals surface area contributed by atoms with Gasteiger partial charge in [0.25, 0.3) is 0 Å². The number of alkyl halides is 3. The monoisotopic (exact) mass is 408 g/mol. The van der Waals surface area contributed by atoms with Gasteiger partial charge in [-0.3, -0.25) is 0 Å². The van der Waals surface area contributed by atoms with E-state index in [9.17, 15) is 9.59 Å². The molecule has 16 heavy (non-hydrogen) atoms. The fourth-order valence-corrected chi connectivity index (χ4v) is 2.32. The highest BCUT2D eigenvalue weighted by atomic mass is 80.0. The molecule has 0 atom stereocenters. The van der Waals surface area contributed by atoms with Crippen LogP contribution in [0.15, 0.2) is 28.2 Å². The van der Waals surface area contributed by atoms with Crippen LogP contribution in [0.3, 0.4) is 0 Å². The molecule has 0 spiro atoms. The molecule has 0 aliphatic carbocycles. The fourth-order valence-electron chi connectivity index (χ4n) is 1.10. The summed E-state index contributed by atoms with van der Waals surface area (Å²) >= 11 is 9.85. The number of benzene rings is 1. The molecule has 1 aromatic carbocycles. The lowest BCUT2D eigenvalue weighted by molar-refractivity contribution is 0.565. The van der Waals surface area contributed by atoms with Gasteiger partial charge in [-0.25, -0.2) is 9.59 Å². The van der Waals surface area contributed by atoms with E-state index in [-0.39, 0.29) is 0 Å². The highest BCUT2D eigenvalue weighted by Crippen LogP contribution is 2.51. The molecule has 4 nitrogen and oxygen atoms in total. The van der Waals surface area contributed by atoms with E-state index in [1.54, 1.807) is 18.2 Å². The first-order valence-corrected chi connectivity index (χ1v) is 6.24. The molecule has 0 aromatic heterocycles. The molecule has 0 amide bonds. The van der Waals surface area contributed by atoms with Gasteiger partial charge in [0, 0.05) is 5.56 Å². The Labute approximate surface area is 116 Å². The van der Waals surface area contributed by atoms with E-state index in [1.807, 2.05) is 0 Å². The minimum Gasteiger partial charge on any atom is -0.211 e. The molecule has 0 unspecified atom stereocenters. The van der Waals surface area contributed by atoms with Gasteiger partial charge in [-0.2, -0.15) is 9.98 Å². The average molecular weight is 411 g/mol. The maximum Gasteiger partial charge on any atom is 0.240 e. The van der Waals surface area contributed by atoms with E-state index in [0.717, 1.165) is 0 Å². The van der Waals surface area contributed by atoms with Crippen molar-refractivity contribution in [3.63, 3.8) is 0 Å². The van der Waals surface area contributed by atoms with Gasteiger partial charge in [0.05, 0.1) is 11.4 Å².